The normalized spacial score (nSPS) is 15.4. The van der Waals surface area contributed by atoms with Crippen LogP contribution in [0.2, 0.25) is 5.02 Å². The number of hydrogen-bond acceptors (Lipinski definition) is 6. The lowest BCUT2D eigenvalue weighted by Crippen LogP contribution is -2.44. The molecule has 206 valence electrons. The standard InChI is InChI=1S/C29H22ClF2N7O2/c1-17-6-8-18(9-7-17)24-14-23(35-39(24)28(41)29(31,32)15-38-16-33-36-37-38)26-25(19-10-12-20(30)13-11-19)21-4-2-3-5-22(21)34-27(26)40/h2-13,16,24H,14-15H2,1H3,(H,34,40)/t24-/m0/s1. The number of rotatable bonds is 6. The number of hydrogen-bond donors (Lipinski definition) is 1. The summed E-state index contributed by atoms with van der Waals surface area (Å²) in [7, 11) is 0. The summed E-state index contributed by atoms with van der Waals surface area (Å²) in [5.41, 5.74) is 3.37. The number of pyridine rings is 1. The summed E-state index contributed by atoms with van der Waals surface area (Å²) in [6.45, 7) is 0.837. The third kappa shape index (κ3) is 5.00. The number of aromatic amines is 1. The highest BCUT2D eigenvalue weighted by Crippen LogP contribution is 2.39. The summed E-state index contributed by atoms with van der Waals surface area (Å²) in [5, 5.41) is 16.6. The van der Waals surface area contributed by atoms with Gasteiger partial charge in [0.1, 0.15) is 12.9 Å². The number of carbonyl (C=O) groups excluding carboxylic acids is 1. The molecule has 1 aliphatic rings. The van der Waals surface area contributed by atoms with Crippen molar-refractivity contribution < 1.29 is 13.6 Å². The van der Waals surface area contributed by atoms with Crippen LogP contribution < -0.4 is 5.56 Å². The number of tetrazole rings is 1. The third-order valence-corrected chi connectivity index (χ3v) is 7.24. The molecule has 9 nitrogen and oxygen atoms in total. The van der Waals surface area contributed by atoms with E-state index in [0.29, 0.717) is 27.2 Å². The average Bonchev–Trinajstić information content (AvgIpc) is 3.63. The van der Waals surface area contributed by atoms with Crippen molar-refractivity contribution in [3.63, 3.8) is 0 Å². The Hall–Kier alpha value is -4.77. The van der Waals surface area contributed by atoms with E-state index in [1.54, 1.807) is 48.5 Å². The molecule has 1 aliphatic heterocycles. The zero-order valence-electron chi connectivity index (χ0n) is 21.6. The van der Waals surface area contributed by atoms with Gasteiger partial charge in [-0.2, -0.15) is 13.9 Å². The number of para-hydroxylation sites is 1. The maximum absolute atomic E-state index is 15.3. The molecule has 0 aliphatic carbocycles. The number of fused-ring (bicyclic) bond motifs is 1. The highest BCUT2D eigenvalue weighted by Gasteiger charge is 2.48. The van der Waals surface area contributed by atoms with Crippen molar-refractivity contribution in [2.75, 3.05) is 0 Å². The Morgan fingerprint density at radius 3 is 2.49 bits per heavy atom. The van der Waals surface area contributed by atoms with Gasteiger partial charge in [0.2, 0.25) is 0 Å². The predicted octanol–water partition coefficient (Wildman–Crippen LogP) is 5.16. The van der Waals surface area contributed by atoms with E-state index < -0.39 is 30.0 Å². The van der Waals surface area contributed by atoms with Crippen LogP contribution in [-0.2, 0) is 11.3 Å². The van der Waals surface area contributed by atoms with Crippen LogP contribution in [0.3, 0.4) is 0 Å². The summed E-state index contributed by atoms with van der Waals surface area (Å²) in [4.78, 5) is 29.9. The molecule has 3 aromatic carbocycles. The van der Waals surface area contributed by atoms with E-state index in [1.807, 2.05) is 31.2 Å². The number of halogens is 3. The molecule has 0 fully saturated rings. The highest BCUT2D eigenvalue weighted by molar-refractivity contribution is 6.30. The lowest BCUT2D eigenvalue weighted by molar-refractivity contribution is -0.161. The molecule has 0 spiro atoms. The molecule has 3 heterocycles. The van der Waals surface area contributed by atoms with Crippen molar-refractivity contribution in [1.29, 1.82) is 0 Å². The summed E-state index contributed by atoms with van der Waals surface area (Å²) in [6.07, 6.45) is 1.04. The van der Waals surface area contributed by atoms with Gasteiger partial charge in [-0.05, 0) is 46.7 Å². The van der Waals surface area contributed by atoms with Gasteiger partial charge >= 0.3 is 11.8 Å². The van der Waals surface area contributed by atoms with Gasteiger partial charge in [-0.15, -0.1) is 5.10 Å². The first kappa shape index (κ1) is 26.5. The number of nitrogens with zero attached hydrogens (tertiary/aromatic N) is 6. The van der Waals surface area contributed by atoms with Gasteiger partial charge in [-0.3, -0.25) is 9.59 Å². The molecule has 0 saturated heterocycles. The molecular formula is C29H22ClF2N7O2. The SMILES string of the molecule is Cc1ccc([C@@H]2CC(c3c(-c4ccc(Cl)cc4)c4ccccc4[nH]c3=O)=NN2C(=O)C(F)(F)Cn2cnnn2)cc1. The number of benzene rings is 3. The van der Waals surface area contributed by atoms with Crippen LogP contribution >= 0.6 is 11.6 Å². The van der Waals surface area contributed by atoms with Crippen molar-refractivity contribution in [2.24, 2.45) is 5.10 Å². The zero-order chi connectivity index (χ0) is 28.7. The van der Waals surface area contributed by atoms with E-state index in [9.17, 15) is 9.59 Å². The van der Waals surface area contributed by atoms with E-state index in [-0.39, 0.29) is 17.7 Å². The van der Waals surface area contributed by atoms with Gasteiger partial charge in [-0.25, -0.2) is 9.69 Å². The maximum Gasteiger partial charge on any atom is 0.345 e. The fraction of sp³-hybridized carbons (Fsp3) is 0.172. The molecule has 1 atom stereocenters. The Morgan fingerprint density at radius 1 is 1.05 bits per heavy atom. The third-order valence-electron chi connectivity index (χ3n) is 6.99. The first-order chi connectivity index (χ1) is 19.7. The van der Waals surface area contributed by atoms with Crippen LogP contribution in [0.25, 0.3) is 22.0 Å². The van der Waals surface area contributed by atoms with Crippen LogP contribution in [0.1, 0.15) is 29.2 Å². The van der Waals surface area contributed by atoms with Gasteiger partial charge in [0.05, 0.1) is 17.3 Å². The lowest BCUT2D eigenvalue weighted by Gasteiger charge is -2.26. The fourth-order valence-electron chi connectivity index (χ4n) is 5.02. The lowest BCUT2D eigenvalue weighted by atomic mass is 9.91. The van der Waals surface area contributed by atoms with Crippen molar-refractivity contribution in [3.05, 3.63) is 111 Å². The molecule has 41 heavy (non-hydrogen) atoms. The molecule has 6 rings (SSSR count). The number of aryl methyl sites for hydroxylation is 1. The monoisotopic (exact) mass is 573 g/mol. The van der Waals surface area contributed by atoms with Crippen LogP contribution in [0, 0.1) is 6.92 Å². The fourth-order valence-corrected chi connectivity index (χ4v) is 5.15. The van der Waals surface area contributed by atoms with Crippen molar-refractivity contribution in [1.82, 2.24) is 30.2 Å². The number of carbonyl (C=O) groups is 1. The Bertz CT molecular complexity index is 1840. The largest absolute Gasteiger partial charge is 0.345 e. The van der Waals surface area contributed by atoms with Crippen LogP contribution in [0.4, 0.5) is 8.78 Å². The summed E-state index contributed by atoms with van der Waals surface area (Å²) >= 11 is 6.14. The topological polar surface area (TPSA) is 109 Å². The smallest absolute Gasteiger partial charge is 0.321 e. The number of nitrogens with one attached hydrogen (secondary N) is 1. The minimum absolute atomic E-state index is 0.0395. The summed E-state index contributed by atoms with van der Waals surface area (Å²) < 4.78 is 31.4. The van der Waals surface area contributed by atoms with Crippen LogP contribution in [-0.4, -0.2) is 47.7 Å². The second kappa shape index (κ2) is 10.3. The average molecular weight is 574 g/mol. The molecule has 0 unspecified atom stereocenters. The molecule has 1 N–H and O–H groups in total. The van der Waals surface area contributed by atoms with E-state index in [4.69, 9.17) is 11.6 Å². The van der Waals surface area contributed by atoms with E-state index in [0.717, 1.165) is 27.0 Å². The minimum atomic E-state index is -3.88. The van der Waals surface area contributed by atoms with Gasteiger partial charge < -0.3 is 4.98 Å². The summed E-state index contributed by atoms with van der Waals surface area (Å²) in [6, 6.07) is 20.6. The van der Waals surface area contributed by atoms with E-state index >= 15 is 8.78 Å². The van der Waals surface area contributed by atoms with Gasteiger partial charge in [0, 0.05) is 27.9 Å². The molecule has 5 aromatic rings. The first-order valence-corrected chi connectivity index (χ1v) is 13.1. The number of hydrazone groups is 1. The number of alkyl halides is 2. The Balaban J connectivity index is 1.52. The van der Waals surface area contributed by atoms with Crippen molar-refractivity contribution in [2.45, 2.75) is 31.9 Å². The molecule has 12 heteroatoms. The predicted molar refractivity (Wildman–Crippen MR) is 150 cm³/mol. The van der Waals surface area contributed by atoms with Gasteiger partial charge in [-0.1, -0.05) is 71.8 Å². The summed E-state index contributed by atoms with van der Waals surface area (Å²) in [5.74, 6) is -5.41. The number of H-pyrrole nitrogens is 1. The second-order valence-corrected chi connectivity index (χ2v) is 10.2. The molecular weight excluding hydrogens is 552 g/mol. The Labute approximate surface area is 237 Å². The van der Waals surface area contributed by atoms with Gasteiger partial charge in [0.15, 0.2) is 0 Å². The minimum Gasteiger partial charge on any atom is -0.321 e. The molecule has 1 amide bonds. The Kier molecular flexibility index (Phi) is 6.66. The van der Waals surface area contributed by atoms with Crippen LogP contribution in [0.15, 0.2) is 89.0 Å². The van der Waals surface area contributed by atoms with E-state index in [2.05, 4.69) is 25.6 Å². The molecule has 0 bridgehead atoms. The van der Waals surface area contributed by atoms with Crippen molar-refractivity contribution >= 4 is 34.1 Å². The quantitative estimate of drug-likeness (QED) is 0.302. The zero-order valence-corrected chi connectivity index (χ0v) is 22.4. The molecule has 0 radical (unpaired) electrons. The molecule has 2 aromatic heterocycles. The van der Waals surface area contributed by atoms with E-state index in [1.165, 1.54) is 0 Å². The Morgan fingerprint density at radius 2 is 1.78 bits per heavy atom. The number of aromatic nitrogens is 5. The first-order valence-electron chi connectivity index (χ1n) is 12.7. The van der Waals surface area contributed by atoms with Gasteiger partial charge in [0.25, 0.3) is 5.56 Å². The highest BCUT2D eigenvalue weighted by atomic mass is 35.5. The molecule has 0 saturated carbocycles. The number of amides is 1. The van der Waals surface area contributed by atoms with Crippen LogP contribution in [0.5, 0.6) is 0 Å². The second-order valence-electron chi connectivity index (χ2n) is 9.80. The maximum atomic E-state index is 15.3. The van der Waals surface area contributed by atoms with Crippen molar-refractivity contribution in [3.8, 4) is 11.1 Å².